The van der Waals surface area contributed by atoms with Gasteiger partial charge in [0.25, 0.3) is 0 Å². The molecule has 0 saturated heterocycles. The second-order valence-corrected chi connectivity index (χ2v) is 4.14. The van der Waals surface area contributed by atoms with Gasteiger partial charge in [0.15, 0.2) is 0 Å². The smallest absolute Gasteiger partial charge is 0.330 e. The fourth-order valence-corrected chi connectivity index (χ4v) is 1.65. The number of nitrogens with zero attached hydrogens (tertiary/aromatic N) is 1. The summed E-state index contributed by atoms with van der Waals surface area (Å²) in [6.07, 6.45) is -3.35. The first-order valence-electron chi connectivity index (χ1n) is 5.44. The maximum absolute atomic E-state index is 12.1. The van der Waals surface area contributed by atoms with Crippen molar-refractivity contribution in [1.82, 2.24) is 4.90 Å². The summed E-state index contributed by atoms with van der Waals surface area (Å²) in [6, 6.07) is 7.50. The van der Waals surface area contributed by atoms with Crippen LogP contribution in [0.1, 0.15) is 11.1 Å². The fraction of sp³-hybridized carbons (Fsp3) is 0.500. The minimum atomic E-state index is -4.14. The topological polar surface area (TPSA) is 29.3 Å². The molecule has 0 heterocycles. The molecule has 17 heavy (non-hydrogen) atoms. The van der Waals surface area contributed by atoms with Gasteiger partial charge < -0.3 is 5.73 Å². The van der Waals surface area contributed by atoms with Crippen LogP contribution in [0.5, 0.6) is 0 Å². The van der Waals surface area contributed by atoms with E-state index in [1.807, 2.05) is 24.3 Å². The highest BCUT2D eigenvalue weighted by atomic mass is 19.4. The van der Waals surface area contributed by atoms with Crippen molar-refractivity contribution in [2.75, 3.05) is 20.1 Å². The molecular formula is C12H17F3N2. The van der Waals surface area contributed by atoms with Crippen LogP contribution in [0.4, 0.5) is 13.2 Å². The monoisotopic (exact) mass is 246 g/mol. The summed E-state index contributed by atoms with van der Waals surface area (Å²) in [5.41, 5.74) is 7.39. The van der Waals surface area contributed by atoms with Crippen LogP contribution >= 0.6 is 0 Å². The zero-order chi connectivity index (χ0) is 12.9. The molecule has 0 amide bonds. The number of halogens is 3. The normalized spacial score (nSPS) is 12.1. The van der Waals surface area contributed by atoms with E-state index in [2.05, 4.69) is 0 Å². The Balaban J connectivity index is 2.51. The zero-order valence-corrected chi connectivity index (χ0v) is 9.80. The molecule has 5 heteroatoms. The average Bonchev–Trinajstić information content (AvgIpc) is 2.18. The molecule has 0 unspecified atom stereocenters. The summed E-state index contributed by atoms with van der Waals surface area (Å²) in [7, 11) is 1.46. The quantitative estimate of drug-likeness (QED) is 0.862. The van der Waals surface area contributed by atoms with Gasteiger partial charge >= 0.3 is 6.18 Å². The van der Waals surface area contributed by atoms with Crippen LogP contribution in [-0.2, 0) is 13.0 Å². The molecule has 0 bridgehead atoms. The Morgan fingerprint density at radius 2 is 1.65 bits per heavy atom. The lowest BCUT2D eigenvalue weighted by atomic mass is 10.1. The van der Waals surface area contributed by atoms with Crippen molar-refractivity contribution in [3.8, 4) is 0 Å². The highest BCUT2D eigenvalue weighted by Gasteiger charge is 2.28. The number of benzene rings is 1. The molecule has 0 aliphatic carbocycles. The van der Waals surface area contributed by atoms with Gasteiger partial charge in [0.1, 0.15) is 0 Å². The third-order valence-corrected chi connectivity index (χ3v) is 2.36. The van der Waals surface area contributed by atoms with Crippen LogP contribution in [0.2, 0.25) is 0 Å². The minimum Gasteiger partial charge on any atom is -0.330 e. The summed E-state index contributed by atoms with van der Waals surface area (Å²) in [4.78, 5) is 1.25. The molecule has 0 aromatic heterocycles. The molecule has 0 saturated carbocycles. The summed E-state index contributed by atoms with van der Waals surface area (Å²) in [5.74, 6) is 0. The fourth-order valence-electron chi connectivity index (χ4n) is 1.65. The van der Waals surface area contributed by atoms with Gasteiger partial charge in [-0.15, -0.1) is 0 Å². The molecule has 96 valence electrons. The number of alkyl halides is 3. The van der Waals surface area contributed by atoms with E-state index in [1.54, 1.807) is 0 Å². The maximum Gasteiger partial charge on any atom is 0.401 e. The Morgan fingerprint density at radius 1 is 1.12 bits per heavy atom. The molecule has 0 spiro atoms. The molecule has 0 fully saturated rings. The van der Waals surface area contributed by atoms with Crippen LogP contribution in [0, 0.1) is 0 Å². The van der Waals surface area contributed by atoms with E-state index < -0.39 is 12.7 Å². The highest BCUT2D eigenvalue weighted by Crippen LogP contribution is 2.17. The van der Waals surface area contributed by atoms with Crippen LogP contribution in [0.3, 0.4) is 0 Å². The molecule has 0 radical (unpaired) electrons. The molecule has 0 atom stereocenters. The Morgan fingerprint density at radius 3 is 2.12 bits per heavy atom. The molecule has 1 aromatic rings. The van der Waals surface area contributed by atoms with E-state index in [-0.39, 0.29) is 0 Å². The first-order valence-corrected chi connectivity index (χ1v) is 5.44. The standard InChI is InChI=1S/C12H17F3N2/c1-17(9-12(13,14)15)8-11-4-2-10(3-5-11)6-7-16/h2-5H,6-9,16H2,1H3. The predicted molar refractivity (Wildman–Crippen MR) is 61.6 cm³/mol. The molecular weight excluding hydrogens is 229 g/mol. The van der Waals surface area contributed by atoms with Crippen LogP contribution < -0.4 is 5.73 Å². The Hall–Kier alpha value is -1.07. The third kappa shape index (κ3) is 5.70. The SMILES string of the molecule is CN(Cc1ccc(CCN)cc1)CC(F)(F)F. The van der Waals surface area contributed by atoms with Crippen molar-refractivity contribution >= 4 is 0 Å². The lowest BCUT2D eigenvalue weighted by molar-refractivity contribution is -0.144. The van der Waals surface area contributed by atoms with Crippen LogP contribution in [0.25, 0.3) is 0 Å². The van der Waals surface area contributed by atoms with Crippen LogP contribution in [0.15, 0.2) is 24.3 Å². The minimum absolute atomic E-state index is 0.294. The third-order valence-electron chi connectivity index (χ3n) is 2.36. The van der Waals surface area contributed by atoms with Gasteiger partial charge in [0.2, 0.25) is 0 Å². The maximum atomic E-state index is 12.1. The van der Waals surface area contributed by atoms with Crippen molar-refractivity contribution in [3.63, 3.8) is 0 Å². The van der Waals surface area contributed by atoms with Gasteiger partial charge in [-0.2, -0.15) is 13.2 Å². The number of hydrogen-bond donors (Lipinski definition) is 1. The average molecular weight is 246 g/mol. The second kappa shape index (κ2) is 6.02. The summed E-state index contributed by atoms with van der Waals surface area (Å²) in [6.45, 7) is -0.0205. The van der Waals surface area contributed by atoms with Crippen molar-refractivity contribution in [1.29, 1.82) is 0 Å². The van der Waals surface area contributed by atoms with E-state index in [9.17, 15) is 13.2 Å². The number of hydrogen-bond acceptors (Lipinski definition) is 2. The first-order chi connectivity index (χ1) is 7.90. The zero-order valence-electron chi connectivity index (χ0n) is 9.80. The Kier molecular flexibility index (Phi) is 4.96. The van der Waals surface area contributed by atoms with E-state index in [1.165, 1.54) is 11.9 Å². The van der Waals surface area contributed by atoms with Gasteiger partial charge in [-0.25, -0.2) is 0 Å². The van der Waals surface area contributed by atoms with E-state index >= 15 is 0 Å². The van der Waals surface area contributed by atoms with Crippen molar-refractivity contribution in [2.45, 2.75) is 19.1 Å². The molecule has 1 aromatic carbocycles. The van der Waals surface area contributed by atoms with E-state index in [0.717, 1.165) is 17.5 Å². The largest absolute Gasteiger partial charge is 0.401 e. The molecule has 2 nitrogen and oxygen atoms in total. The van der Waals surface area contributed by atoms with Crippen molar-refractivity contribution in [2.24, 2.45) is 5.73 Å². The highest BCUT2D eigenvalue weighted by molar-refractivity contribution is 5.22. The lowest BCUT2D eigenvalue weighted by Crippen LogP contribution is -2.30. The van der Waals surface area contributed by atoms with Gasteiger partial charge in [0, 0.05) is 6.54 Å². The number of nitrogens with two attached hydrogens (primary N) is 1. The number of rotatable bonds is 5. The lowest BCUT2D eigenvalue weighted by Gasteiger charge is -2.18. The van der Waals surface area contributed by atoms with Crippen LogP contribution in [-0.4, -0.2) is 31.2 Å². The van der Waals surface area contributed by atoms with E-state index in [0.29, 0.717) is 13.1 Å². The Labute approximate surface area is 99.2 Å². The van der Waals surface area contributed by atoms with Gasteiger partial charge in [-0.1, -0.05) is 24.3 Å². The van der Waals surface area contributed by atoms with Crippen molar-refractivity contribution < 1.29 is 13.2 Å². The molecule has 2 N–H and O–H groups in total. The van der Waals surface area contributed by atoms with Crippen molar-refractivity contribution in [3.05, 3.63) is 35.4 Å². The summed E-state index contributed by atoms with van der Waals surface area (Å²) >= 11 is 0. The van der Waals surface area contributed by atoms with Gasteiger partial charge in [-0.05, 0) is 31.1 Å². The summed E-state index contributed by atoms with van der Waals surface area (Å²) in [5, 5.41) is 0. The van der Waals surface area contributed by atoms with Gasteiger partial charge in [-0.3, -0.25) is 4.90 Å². The molecule has 1 rings (SSSR count). The predicted octanol–water partition coefficient (Wildman–Crippen LogP) is 2.18. The first kappa shape index (κ1) is 14.0. The van der Waals surface area contributed by atoms with Gasteiger partial charge in [0.05, 0.1) is 6.54 Å². The molecule has 0 aliphatic rings. The Bertz CT molecular complexity index is 333. The molecule has 0 aliphatic heterocycles. The van der Waals surface area contributed by atoms with E-state index in [4.69, 9.17) is 5.73 Å². The second-order valence-electron chi connectivity index (χ2n) is 4.14. The summed E-state index contributed by atoms with van der Waals surface area (Å²) < 4.78 is 36.4.